The molecule has 0 aromatic heterocycles. The van der Waals surface area contributed by atoms with Crippen LogP contribution in [0.25, 0.3) is 10.8 Å². The summed E-state index contributed by atoms with van der Waals surface area (Å²) in [5, 5.41) is 61.6. The van der Waals surface area contributed by atoms with Crippen LogP contribution >= 0.6 is 23.9 Å². The molecule has 2 heterocycles. The lowest BCUT2D eigenvalue weighted by molar-refractivity contribution is 0.429. The highest BCUT2D eigenvalue weighted by Crippen LogP contribution is 2.49. The monoisotopic (exact) mass is 782 g/mol. The molecule has 0 radical (unpaired) electrons. The number of rotatable bonds is 6. The topological polar surface area (TPSA) is 128 Å². The lowest BCUT2D eigenvalue weighted by Crippen LogP contribution is -2.15. The second kappa shape index (κ2) is 16.9. The summed E-state index contributed by atoms with van der Waals surface area (Å²) in [5.74, 6) is 0.676. The van der Waals surface area contributed by atoms with E-state index in [1.54, 1.807) is 48.5 Å². The third-order valence-corrected chi connectivity index (χ3v) is 11.8. The molecule has 2 unspecified atom stereocenters. The minimum Gasteiger partial charge on any atom is -0.508 e. The summed E-state index contributed by atoms with van der Waals surface area (Å²) in [6.07, 6.45) is 0. The van der Waals surface area contributed by atoms with Crippen molar-refractivity contribution in [2.45, 2.75) is 48.8 Å². The van der Waals surface area contributed by atoms with Gasteiger partial charge in [0.2, 0.25) is 0 Å². The maximum Gasteiger partial charge on any atom is 0.134 e. The third kappa shape index (κ3) is 8.24. The molecule has 9 rings (SSSR count). The van der Waals surface area contributed by atoms with Crippen molar-refractivity contribution in [2.24, 2.45) is 0 Å². The van der Waals surface area contributed by atoms with E-state index in [0.29, 0.717) is 22.9 Å². The zero-order chi connectivity index (χ0) is 39.3. The predicted octanol–water partition coefficient (Wildman–Crippen LogP) is 11.0. The first kappa shape index (κ1) is 38.5. The molecule has 2 aliphatic rings. The molecular weight excluding hydrogens is 741 g/mol. The summed E-state index contributed by atoms with van der Waals surface area (Å²) in [4.78, 5) is 1.35. The van der Waals surface area contributed by atoms with Crippen LogP contribution in [0.5, 0.6) is 34.5 Å². The van der Waals surface area contributed by atoms with Crippen LogP contribution in [0.1, 0.15) is 59.3 Å². The van der Waals surface area contributed by atoms with Crippen LogP contribution in [0.4, 0.5) is 0 Å². The van der Waals surface area contributed by atoms with Gasteiger partial charge in [-0.3, -0.25) is 0 Å². The van der Waals surface area contributed by atoms with E-state index in [-0.39, 0.29) is 46.6 Å². The summed E-state index contributed by atoms with van der Waals surface area (Å²) >= 11 is 2.89. The molecule has 2 aliphatic heterocycles. The average Bonchev–Trinajstić information content (AvgIpc) is 3.74. The number of hydrogen-bond donors (Lipinski definition) is 6. The van der Waals surface area contributed by atoms with Gasteiger partial charge in [-0.05, 0) is 123 Å². The quantitative estimate of drug-likeness (QED) is 0.0907. The van der Waals surface area contributed by atoms with Gasteiger partial charge >= 0.3 is 0 Å². The minimum absolute atomic E-state index is 0.0200. The van der Waals surface area contributed by atoms with E-state index in [1.807, 2.05) is 56.3 Å². The standard InChI is InChI=1S/C24H19NO3S.C20H17NO3S.C2H6/c26-19-7-9-21-18(12-19)14-25(29-23-10-8-20(27)13-22(23)28)24(21)17-6-5-15-3-1-2-4-16(15)11-17;22-15-6-8-17-14(10-15)12-21(20(17)13-4-2-1-3-5-13)25-19-9-7-16(23)11-18(19)24;1-2/h1-13,24,26-28H,14H2;1-11,20,22-24H,12H2;1-2H3. The minimum atomic E-state index is -0.0200. The second-order valence-electron chi connectivity index (χ2n) is 13.2. The number of phenolic OH excluding ortho intramolecular Hbond substituents is 6. The zero-order valence-electron chi connectivity index (χ0n) is 30.8. The van der Waals surface area contributed by atoms with Crippen LogP contribution in [-0.4, -0.2) is 39.2 Å². The summed E-state index contributed by atoms with van der Waals surface area (Å²) in [6.45, 7) is 5.28. The van der Waals surface area contributed by atoms with Gasteiger partial charge < -0.3 is 30.6 Å². The smallest absolute Gasteiger partial charge is 0.134 e. The second-order valence-corrected chi connectivity index (χ2v) is 15.4. The predicted molar refractivity (Wildman–Crippen MR) is 224 cm³/mol. The number of nitrogens with zero attached hydrogens (tertiary/aromatic N) is 2. The van der Waals surface area contributed by atoms with E-state index in [9.17, 15) is 30.6 Å². The number of fused-ring (bicyclic) bond motifs is 3. The van der Waals surface area contributed by atoms with Crippen LogP contribution in [0.2, 0.25) is 0 Å². The molecule has 0 saturated carbocycles. The van der Waals surface area contributed by atoms with Crippen LogP contribution in [0, 0.1) is 0 Å². The van der Waals surface area contributed by atoms with Crippen LogP contribution in [0.3, 0.4) is 0 Å². The Labute approximate surface area is 334 Å². The Morgan fingerprint density at radius 1 is 0.429 bits per heavy atom. The van der Waals surface area contributed by atoms with Crippen LogP contribution in [0.15, 0.2) is 155 Å². The Kier molecular flexibility index (Phi) is 11.6. The molecule has 0 amide bonds. The number of phenols is 6. The van der Waals surface area contributed by atoms with Crippen molar-refractivity contribution in [3.63, 3.8) is 0 Å². The molecule has 0 aliphatic carbocycles. The Balaban J connectivity index is 0.000000166. The van der Waals surface area contributed by atoms with Gasteiger partial charge in [-0.1, -0.05) is 92.7 Å². The SMILES string of the molecule is CC.Oc1ccc(SN2Cc3cc(O)ccc3C2c2ccc3ccccc3c2)c(O)c1.Oc1ccc(SN2Cc3cc(O)ccc3C2c2ccccc2)c(O)c1. The van der Waals surface area contributed by atoms with E-state index < -0.39 is 0 Å². The van der Waals surface area contributed by atoms with E-state index in [4.69, 9.17) is 0 Å². The molecule has 284 valence electrons. The van der Waals surface area contributed by atoms with Crippen molar-refractivity contribution in [2.75, 3.05) is 0 Å². The normalized spacial score (nSPS) is 16.0. The van der Waals surface area contributed by atoms with Crippen molar-refractivity contribution < 1.29 is 30.6 Å². The van der Waals surface area contributed by atoms with Gasteiger partial charge in [0.1, 0.15) is 34.5 Å². The molecule has 2 atom stereocenters. The van der Waals surface area contributed by atoms with Crippen molar-refractivity contribution in [3.05, 3.63) is 179 Å². The molecule has 56 heavy (non-hydrogen) atoms. The zero-order valence-corrected chi connectivity index (χ0v) is 32.5. The molecular formula is C46H42N2O6S2. The molecule has 0 bridgehead atoms. The fraction of sp³-hybridized carbons (Fsp3) is 0.130. The van der Waals surface area contributed by atoms with Gasteiger partial charge in [-0.25, -0.2) is 8.61 Å². The largest absolute Gasteiger partial charge is 0.508 e. The van der Waals surface area contributed by atoms with Gasteiger partial charge in [0.25, 0.3) is 0 Å². The molecule has 7 aromatic carbocycles. The summed E-state index contributed by atoms with van der Waals surface area (Å²) in [5.41, 5.74) is 6.73. The highest BCUT2D eigenvalue weighted by molar-refractivity contribution is 7.97. The molecule has 10 heteroatoms. The number of hydrogen-bond acceptors (Lipinski definition) is 10. The molecule has 0 saturated heterocycles. The summed E-state index contributed by atoms with van der Waals surface area (Å²) in [6, 6.07) is 45.1. The highest BCUT2D eigenvalue weighted by Gasteiger charge is 2.34. The van der Waals surface area contributed by atoms with Crippen molar-refractivity contribution in [1.29, 1.82) is 0 Å². The van der Waals surface area contributed by atoms with E-state index in [0.717, 1.165) is 33.4 Å². The average molecular weight is 783 g/mol. The fourth-order valence-corrected chi connectivity index (χ4v) is 9.27. The van der Waals surface area contributed by atoms with Gasteiger partial charge in [0, 0.05) is 25.2 Å². The van der Waals surface area contributed by atoms with E-state index >= 15 is 0 Å². The van der Waals surface area contributed by atoms with E-state index in [1.165, 1.54) is 46.8 Å². The van der Waals surface area contributed by atoms with Crippen molar-refractivity contribution >= 4 is 34.7 Å². The Morgan fingerprint density at radius 2 is 0.875 bits per heavy atom. The first-order valence-corrected chi connectivity index (χ1v) is 19.9. The maximum absolute atomic E-state index is 10.3. The molecule has 7 aromatic rings. The molecule has 6 N–H and O–H groups in total. The number of benzene rings is 7. The van der Waals surface area contributed by atoms with Crippen LogP contribution < -0.4 is 0 Å². The summed E-state index contributed by atoms with van der Waals surface area (Å²) < 4.78 is 4.37. The lowest BCUT2D eigenvalue weighted by atomic mass is 9.96. The van der Waals surface area contributed by atoms with Gasteiger partial charge in [-0.2, -0.15) is 0 Å². The molecule has 8 nitrogen and oxygen atoms in total. The maximum atomic E-state index is 10.3. The van der Waals surface area contributed by atoms with Crippen molar-refractivity contribution in [3.8, 4) is 34.5 Å². The van der Waals surface area contributed by atoms with Gasteiger partial charge in [-0.15, -0.1) is 0 Å². The molecule has 0 fully saturated rings. The first-order chi connectivity index (χ1) is 27.2. The van der Waals surface area contributed by atoms with Gasteiger partial charge in [0.15, 0.2) is 0 Å². The Morgan fingerprint density at radius 3 is 1.39 bits per heavy atom. The van der Waals surface area contributed by atoms with E-state index in [2.05, 4.69) is 51.1 Å². The van der Waals surface area contributed by atoms with Crippen molar-refractivity contribution in [1.82, 2.24) is 8.61 Å². The Bertz CT molecular complexity index is 2480. The molecule has 0 spiro atoms. The highest BCUT2D eigenvalue weighted by atomic mass is 32.2. The summed E-state index contributed by atoms with van der Waals surface area (Å²) in [7, 11) is 0. The third-order valence-electron chi connectivity index (χ3n) is 9.59. The van der Waals surface area contributed by atoms with Gasteiger partial charge in [0.05, 0.1) is 21.9 Å². The van der Waals surface area contributed by atoms with Crippen LogP contribution in [-0.2, 0) is 13.1 Å². The lowest BCUT2D eigenvalue weighted by Gasteiger charge is -2.25. The first-order valence-electron chi connectivity index (χ1n) is 18.3. The number of aromatic hydroxyl groups is 6. The Hall–Kier alpha value is -5.78. The fourth-order valence-electron chi connectivity index (χ4n) is 7.11.